The molecule has 2 heterocycles. The van der Waals surface area contributed by atoms with Crippen LogP contribution in [0.25, 0.3) is 0 Å². The van der Waals surface area contributed by atoms with Crippen molar-refractivity contribution in [2.24, 2.45) is 11.8 Å². The number of ether oxygens (including phenoxy) is 1. The third-order valence-electron chi connectivity index (χ3n) is 4.42. The van der Waals surface area contributed by atoms with Gasteiger partial charge in [-0.05, 0) is 43.0 Å². The quantitative estimate of drug-likeness (QED) is 0.862. The molecule has 0 aromatic heterocycles. The summed E-state index contributed by atoms with van der Waals surface area (Å²) in [5, 5.41) is 3.37. The minimum absolute atomic E-state index is 0.0369. The van der Waals surface area contributed by atoms with Crippen molar-refractivity contribution >= 4 is 17.7 Å². The summed E-state index contributed by atoms with van der Waals surface area (Å²) in [6.07, 6.45) is 0. The summed E-state index contributed by atoms with van der Waals surface area (Å²) in [5.41, 5.74) is 0. The van der Waals surface area contributed by atoms with Gasteiger partial charge in [-0.2, -0.15) is 0 Å². The lowest BCUT2D eigenvalue weighted by molar-refractivity contribution is -0.129. The minimum Gasteiger partial charge on any atom is -0.497 e. The highest BCUT2D eigenvalue weighted by atomic mass is 32.2. The van der Waals surface area contributed by atoms with Crippen molar-refractivity contribution in [3.05, 3.63) is 24.3 Å². The van der Waals surface area contributed by atoms with Gasteiger partial charge in [0.15, 0.2) is 0 Å². The Labute approximate surface area is 130 Å². The van der Waals surface area contributed by atoms with Crippen molar-refractivity contribution in [3.8, 4) is 5.75 Å². The van der Waals surface area contributed by atoms with Crippen LogP contribution in [0, 0.1) is 11.8 Å². The van der Waals surface area contributed by atoms with Gasteiger partial charge in [-0.3, -0.25) is 4.79 Å². The second-order valence-corrected chi connectivity index (χ2v) is 7.27. The molecule has 21 heavy (non-hydrogen) atoms. The molecule has 0 spiro atoms. The van der Waals surface area contributed by atoms with Gasteiger partial charge in [0.2, 0.25) is 5.91 Å². The summed E-state index contributed by atoms with van der Waals surface area (Å²) in [5.74, 6) is 2.43. The molecule has 2 fully saturated rings. The van der Waals surface area contributed by atoms with Crippen molar-refractivity contribution in [1.29, 1.82) is 0 Å². The fourth-order valence-corrected chi connectivity index (χ4v) is 4.15. The van der Waals surface area contributed by atoms with Gasteiger partial charge < -0.3 is 15.0 Å². The summed E-state index contributed by atoms with van der Waals surface area (Å²) in [4.78, 5) is 15.7. The SMILES string of the molecule is COc1ccc(SC(C)C(=O)N2C[C@H]3CNC[C@H]3C2)cc1. The van der Waals surface area contributed by atoms with E-state index in [1.165, 1.54) is 0 Å². The molecule has 1 aromatic rings. The molecule has 2 saturated heterocycles. The highest BCUT2D eigenvalue weighted by molar-refractivity contribution is 8.00. The lowest BCUT2D eigenvalue weighted by atomic mass is 10.0. The average Bonchev–Trinajstić information content (AvgIpc) is 3.08. The van der Waals surface area contributed by atoms with Gasteiger partial charge in [-0.1, -0.05) is 0 Å². The van der Waals surface area contributed by atoms with Crippen LogP contribution in [0.4, 0.5) is 0 Å². The number of fused-ring (bicyclic) bond motifs is 1. The van der Waals surface area contributed by atoms with Crippen molar-refractivity contribution in [2.75, 3.05) is 33.3 Å². The number of hydrogen-bond donors (Lipinski definition) is 1. The van der Waals surface area contributed by atoms with Crippen LogP contribution < -0.4 is 10.1 Å². The third-order valence-corrected chi connectivity index (χ3v) is 5.52. The molecule has 0 radical (unpaired) electrons. The first kappa shape index (κ1) is 14.7. The predicted molar refractivity (Wildman–Crippen MR) is 84.7 cm³/mol. The van der Waals surface area contributed by atoms with Crippen molar-refractivity contribution in [1.82, 2.24) is 10.2 Å². The summed E-state index contributed by atoms with van der Waals surface area (Å²) in [7, 11) is 1.66. The van der Waals surface area contributed by atoms with Crippen LogP contribution in [0.15, 0.2) is 29.2 Å². The zero-order valence-corrected chi connectivity index (χ0v) is 13.4. The molecule has 2 aliphatic rings. The number of carbonyl (C=O) groups excluding carboxylic acids is 1. The number of thioether (sulfide) groups is 1. The maximum atomic E-state index is 12.6. The zero-order valence-electron chi connectivity index (χ0n) is 12.5. The molecule has 5 heteroatoms. The number of hydrogen-bond acceptors (Lipinski definition) is 4. The van der Waals surface area contributed by atoms with Crippen molar-refractivity contribution in [3.63, 3.8) is 0 Å². The van der Waals surface area contributed by atoms with Crippen molar-refractivity contribution in [2.45, 2.75) is 17.1 Å². The largest absolute Gasteiger partial charge is 0.497 e. The van der Waals surface area contributed by atoms with Crippen LogP contribution in [-0.4, -0.2) is 49.3 Å². The number of likely N-dealkylation sites (tertiary alicyclic amines) is 1. The number of nitrogens with zero attached hydrogens (tertiary/aromatic N) is 1. The second kappa shape index (κ2) is 6.28. The molecule has 0 saturated carbocycles. The molecule has 0 bridgehead atoms. The van der Waals surface area contributed by atoms with Gasteiger partial charge in [0.05, 0.1) is 12.4 Å². The first-order chi connectivity index (χ1) is 10.2. The number of amides is 1. The maximum Gasteiger partial charge on any atom is 0.235 e. The molecule has 2 aliphatic heterocycles. The molecule has 4 nitrogen and oxygen atoms in total. The molecule has 0 aliphatic carbocycles. The van der Waals surface area contributed by atoms with E-state index >= 15 is 0 Å². The Balaban J connectivity index is 1.57. The molecule has 114 valence electrons. The zero-order chi connectivity index (χ0) is 14.8. The van der Waals surface area contributed by atoms with E-state index in [1.807, 2.05) is 31.2 Å². The van der Waals surface area contributed by atoms with Crippen LogP contribution in [-0.2, 0) is 4.79 Å². The van der Waals surface area contributed by atoms with E-state index in [4.69, 9.17) is 4.74 Å². The van der Waals surface area contributed by atoms with E-state index < -0.39 is 0 Å². The number of rotatable bonds is 4. The van der Waals surface area contributed by atoms with Crippen molar-refractivity contribution < 1.29 is 9.53 Å². The normalized spacial score (nSPS) is 25.7. The Kier molecular flexibility index (Phi) is 4.40. The summed E-state index contributed by atoms with van der Waals surface area (Å²) in [6.45, 7) is 5.97. The molecule has 1 amide bonds. The maximum absolute atomic E-state index is 12.6. The van der Waals surface area contributed by atoms with Crippen LogP contribution in [0.3, 0.4) is 0 Å². The Hall–Kier alpha value is -1.20. The third kappa shape index (κ3) is 3.19. The predicted octanol–water partition coefficient (Wildman–Crippen LogP) is 1.85. The van der Waals surface area contributed by atoms with Gasteiger partial charge in [0.25, 0.3) is 0 Å². The van der Waals surface area contributed by atoms with Gasteiger partial charge in [-0.25, -0.2) is 0 Å². The number of carbonyl (C=O) groups is 1. The summed E-state index contributed by atoms with van der Waals surface area (Å²) in [6, 6.07) is 7.89. The summed E-state index contributed by atoms with van der Waals surface area (Å²) >= 11 is 1.62. The van der Waals surface area contributed by atoms with Gasteiger partial charge >= 0.3 is 0 Å². The molecule has 3 rings (SSSR count). The van der Waals surface area contributed by atoms with E-state index in [9.17, 15) is 4.79 Å². The van der Waals surface area contributed by atoms with Gasteiger partial charge in [-0.15, -0.1) is 11.8 Å². The van der Waals surface area contributed by atoms with E-state index in [0.29, 0.717) is 11.8 Å². The number of benzene rings is 1. The molecule has 1 aromatic carbocycles. The van der Waals surface area contributed by atoms with Crippen LogP contribution in [0.2, 0.25) is 0 Å². The molecular weight excluding hydrogens is 284 g/mol. The number of methoxy groups -OCH3 is 1. The topological polar surface area (TPSA) is 41.6 Å². The molecule has 1 N–H and O–H groups in total. The minimum atomic E-state index is -0.0369. The molecule has 1 unspecified atom stereocenters. The van der Waals surface area contributed by atoms with E-state index in [0.717, 1.165) is 36.8 Å². The van der Waals surface area contributed by atoms with Gasteiger partial charge in [0.1, 0.15) is 5.75 Å². The van der Waals surface area contributed by atoms with E-state index in [1.54, 1.807) is 18.9 Å². The highest BCUT2D eigenvalue weighted by Crippen LogP contribution is 2.30. The fraction of sp³-hybridized carbons (Fsp3) is 0.562. The fourth-order valence-electron chi connectivity index (χ4n) is 3.20. The van der Waals surface area contributed by atoms with Crippen LogP contribution in [0.5, 0.6) is 5.75 Å². The number of nitrogens with one attached hydrogen (secondary N) is 1. The summed E-state index contributed by atoms with van der Waals surface area (Å²) < 4.78 is 5.15. The second-order valence-electron chi connectivity index (χ2n) is 5.86. The Bertz CT molecular complexity index is 494. The van der Waals surface area contributed by atoms with Crippen LogP contribution >= 0.6 is 11.8 Å². The van der Waals surface area contributed by atoms with Gasteiger partial charge in [0, 0.05) is 31.1 Å². The molecular formula is C16H22N2O2S. The molecule has 3 atom stereocenters. The van der Waals surface area contributed by atoms with E-state index in [2.05, 4.69) is 10.2 Å². The average molecular weight is 306 g/mol. The Morgan fingerprint density at radius 1 is 1.29 bits per heavy atom. The Morgan fingerprint density at radius 3 is 2.48 bits per heavy atom. The monoisotopic (exact) mass is 306 g/mol. The highest BCUT2D eigenvalue weighted by Gasteiger charge is 2.39. The smallest absolute Gasteiger partial charge is 0.235 e. The lowest BCUT2D eigenvalue weighted by Gasteiger charge is -2.21. The van der Waals surface area contributed by atoms with Crippen LogP contribution in [0.1, 0.15) is 6.92 Å². The lowest BCUT2D eigenvalue weighted by Crippen LogP contribution is -2.36. The standard InChI is InChI=1S/C16H22N2O2S/c1-11(21-15-5-3-14(20-2)4-6-15)16(19)18-9-12-7-17-8-13(12)10-18/h3-6,11-13,17H,7-10H2,1-2H3/t11?,12-,13+. The first-order valence-corrected chi connectivity index (χ1v) is 8.35. The first-order valence-electron chi connectivity index (χ1n) is 7.47. The van der Waals surface area contributed by atoms with E-state index in [-0.39, 0.29) is 11.2 Å². The Morgan fingerprint density at radius 2 is 1.90 bits per heavy atom.